The van der Waals surface area contributed by atoms with Crippen LogP contribution in [-0.2, 0) is 13.0 Å². The van der Waals surface area contributed by atoms with E-state index in [1.807, 2.05) is 28.9 Å². The molecular weight excluding hydrogens is 296 g/mol. The number of nitrogens with zero attached hydrogens (tertiary/aromatic N) is 2. The molecule has 0 radical (unpaired) electrons. The Bertz CT molecular complexity index is 837. The topological polar surface area (TPSA) is 34.9 Å². The lowest BCUT2D eigenvalue weighted by Crippen LogP contribution is -2.16. The van der Waals surface area contributed by atoms with Crippen molar-refractivity contribution in [2.75, 3.05) is 0 Å². The van der Waals surface area contributed by atoms with Crippen molar-refractivity contribution in [3.05, 3.63) is 88.7 Å². The third-order valence-electron chi connectivity index (χ3n) is 4.86. The molecule has 1 aromatic heterocycles. The minimum absolute atomic E-state index is 0.319. The third-order valence-corrected chi connectivity index (χ3v) is 4.86. The van der Waals surface area contributed by atoms with E-state index in [0.717, 1.165) is 31.1 Å². The molecule has 1 unspecified atom stereocenters. The summed E-state index contributed by atoms with van der Waals surface area (Å²) in [6.07, 6.45) is 4.06. The minimum atomic E-state index is 0.319. The van der Waals surface area contributed by atoms with Gasteiger partial charge in [-0.3, -0.25) is 9.48 Å². The highest BCUT2D eigenvalue weighted by Crippen LogP contribution is 2.38. The van der Waals surface area contributed by atoms with Gasteiger partial charge < -0.3 is 0 Å². The van der Waals surface area contributed by atoms with E-state index >= 15 is 0 Å². The zero-order valence-electron chi connectivity index (χ0n) is 13.6. The molecule has 3 nitrogen and oxygen atoms in total. The number of rotatable bonds is 4. The van der Waals surface area contributed by atoms with Crippen molar-refractivity contribution in [2.24, 2.45) is 0 Å². The monoisotopic (exact) mass is 316 g/mol. The van der Waals surface area contributed by atoms with Crippen molar-refractivity contribution in [2.45, 2.75) is 31.7 Å². The summed E-state index contributed by atoms with van der Waals surface area (Å²) in [6.45, 7) is 0.709. The van der Waals surface area contributed by atoms with Crippen LogP contribution in [0.4, 0.5) is 0 Å². The normalized spacial score (nSPS) is 16.6. The van der Waals surface area contributed by atoms with Crippen molar-refractivity contribution in [3.8, 4) is 0 Å². The summed E-state index contributed by atoms with van der Waals surface area (Å²) in [5.41, 5.74) is 5.49. The van der Waals surface area contributed by atoms with E-state index in [9.17, 15) is 4.79 Å². The first-order valence-electron chi connectivity index (χ1n) is 8.50. The molecule has 4 rings (SSSR count). The van der Waals surface area contributed by atoms with Gasteiger partial charge in [0, 0.05) is 11.5 Å². The van der Waals surface area contributed by atoms with E-state index < -0.39 is 0 Å². The number of aldehydes is 1. The van der Waals surface area contributed by atoms with Gasteiger partial charge in [0.05, 0.1) is 12.2 Å². The van der Waals surface area contributed by atoms with Gasteiger partial charge in [0.25, 0.3) is 0 Å². The SMILES string of the molecule is O=Cc1nn(Cc2ccccc2)c2c1CCCC2c1ccccc1. The van der Waals surface area contributed by atoms with E-state index in [0.29, 0.717) is 18.2 Å². The summed E-state index contributed by atoms with van der Waals surface area (Å²) in [5, 5.41) is 4.63. The van der Waals surface area contributed by atoms with Crippen LogP contribution in [0.1, 0.15) is 51.6 Å². The molecule has 0 fully saturated rings. The van der Waals surface area contributed by atoms with Crippen molar-refractivity contribution in [1.29, 1.82) is 0 Å². The van der Waals surface area contributed by atoms with Crippen LogP contribution in [0, 0.1) is 0 Å². The predicted molar refractivity (Wildman–Crippen MR) is 94.4 cm³/mol. The molecule has 3 heteroatoms. The number of carbonyl (C=O) groups is 1. The van der Waals surface area contributed by atoms with Crippen LogP contribution >= 0.6 is 0 Å². The van der Waals surface area contributed by atoms with Gasteiger partial charge in [0.15, 0.2) is 6.29 Å². The number of hydrogen-bond donors (Lipinski definition) is 0. The Morgan fingerprint density at radius 2 is 1.75 bits per heavy atom. The van der Waals surface area contributed by atoms with E-state index in [4.69, 9.17) is 0 Å². The largest absolute Gasteiger partial charge is 0.296 e. The van der Waals surface area contributed by atoms with Crippen molar-refractivity contribution < 1.29 is 4.79 Å². The van der Waals surface area contributed by atoms with E-state index in [-0.39, 0.29) is 0 Å². The molecule has 0 bridgehead atoms. The number of benzene rings is 2. The van der Waals surface area contributed by atoms with Gasteiger partial charge in [-0.25, -0.2) is 0 Å². The van der Waals surface area contributed by atoms with Crippen molar-refractivity contribution in [3.63, 3.8) is 0 Å². The molecule has 0 N–H and O–H groups in total. The number of aromatic nitrogens is 2. The maximum absolute atomic E-state index is 11.5. The summed E-state index contributed by atoms with van der Waals surface area (Å²) in [4.78, 5) is 11.5. The van der Waals surface area contributed by atoms with E-state index in [1.165, 1.54) is 16.8 Å². The van der Waals surface area contributed by atoms with Crippen LogP contribution in [0.2, 0.25) is 0 Å². The van der Waals surface area contributed by atoms with Gasteiger partial charge in [-0.15, -0.1) is 0 Å². The van der Waals surface area contributed by atoms with Gasteiger partial charge in [-0.05, 0) is 30.4 Å². The second kappa shape index (κ2) is 6.44. The first kappa shape index (κ1) is 14.9. The molecule has 24 heavy (non-hydrogen) atoms. The standard InChI is InChI=1S/C21H20N2O/c24-15-20-19-13-7-12-18(17-10-5-2-6-11-17)21(19)23(22-20)14-16-8-3-1-4-9-16/h1-6,8-11,15,18H,7,12-14H2. The van der Waals surface area contributed by atoms with Crippen molar-refractivity contribution >= 4 is 6.29 Å². The fourth-order valence-corrected chi connectivity index (χ4v) is 3.78. The highest BCUT2D eigenvalue weighted by atomic mass is 16.1. The maximum atomic E-state index is 11.5. The number of fused-ring (bicyclic) bond motifs is 1. The molecule has 0 aliphatic heterocycles. The zero-order chi connectivity index (χ0) is 16.4. The van der Waals surface area contributed by atoms with Gasteiger partial charge in [-0.2, -0.15) is 5.10 Å². The second-order valence-corrected chi connectivity index (χ2v) is 6.37. The third kappa shape index (κ3) is 2.67. The van der Waals surface area contributed by atoms with E-state index in [1.54, 1.807) is 0 Å². The minimum Gasteiger partial charge on any atom is -0.296 e. The molecular formula is C21H20N2O. The summed E-state index contributed by atoms with van der Waals surface area (Å²) in [6, 6.07) is 20.9. The van der Waals surface area contributed by atoms with E-state index in [2.05, 4.69) is 41.5 Å². The fraction of sp³-hybridized carbons (Fsp3) is 0.238. The molecule has 1 aliphatic rings. The Hall–Kier alpha value is -2.68. The average Bonchev–Trinajstić information content (AvgIpc) is 3.01. The first-order valence-corrected chi connectivity index (χ1v) is 8.50. The summed E-state index contributed by atoms with van der Waals surface area (Å²) >= 11 is 0. The maximum Gasteiger partial charge on any atom is 0.170 e. The highest BCUT2D eigenvalue weighted by molar-refractivity contribution is 5.75. The summed E-state index contributed by atoms with van der Waals surface area (Å²) in [7, 11) is 0. The lowest BCUT2D eigenvalue weighted by Gasteiger charge is -2.25. The molecule has 0 saturated carbocycles. The lowest BCUT2D eigenvalue weighted by atomic mass is 9.82. The van der Waals surface area contributed by atoms with Crippen LogP contribution < -0.4 is 0 Å². The lowest BCUT2D eigenvalue weighted by molar-refractivity contribution is 0.111. The van der Waals surface area contributed by atoms with Crippen LogP contribution in [0.15, 0.2) is 60.7 Å². The van der Waals surface area contributed by atoms with Gasteiger partial charge >= 0.3 is 0 Å². The average molecular weight is 316 g/mol. The second-order valence-electron chi connectivity index (χ2n) is 6.37. The Morgan fingerprint density at radius 1 is 1.04 bits per heavy atom. The highest BCUT2D eigenvalue weighted by Gasteiger charge is 2.29. The first-order chi connectivity index (χ1) is 11.9. The van der Waals surface area contributed by atoms with Crippen LogP contribution in [0.25, 0.3) is 0 Å². The van der Waals surface area contributed by atoms with Crippen LogP contribution in [-0.4, -0.2) is 16.1 Å². The molecule has 1 heterocycles. The Labute approximate surface area is 141 Å². The number of carbonyl (C=O) groups excluding carboxylic acids is 1. The zero-order valence-corrected chi connectivity index (χ0v) is 13.6. The number of hydrogen-bond acceptors (Lipinski definition) is 2. The Kier molecular flexibility index (Phi) is 3.99. The fourth-order valence-electron chi connectivity index (χ4n) is 3.78. The van der Waals surface area contributed by atoms with Crippen LogP contribution in [0.5, 0.6) is 0 Å². The van der Waals surface area contributed by atoms with Gasteiger partial charge in [0.1, 0.15) is 5.69 Å². The molecule has 0 saturated heterocycles. The Morgan fingerprint density at radius 3 is 2.46 bits per heavy atom. The molecule has 0 spiro atoms. The van der Waals surface area contributed by atoms with Crippen LogP contribution in [0.3, 0.4) is 0 Å². The predicted octanol–water partition coefficient (Wildman–Crippen LogP) is 4.21. The smallest absolute Gasteiger partial charge is 0.170 e. The van der Waals surface area contributed by atoms with Crippen molar-refractivity contribution in [1.82, 2.24) is 9.78 Å². The van der Waals surface area contributed by atoms with Gasteiger partial charge in [0.2, 0.25) is 0 Å². The molecule has 120 valence electrons. The molecule has 1 atom stereocenters. The molecule has 1 aliphatic carbocycles. The summed E-state index contributed by atoms with van der Waals surface area (Å²) in [5.74, 6) is 0.319. The van der Waals surface area contributed by atoms with Gasteiger partial charge in [-0.1, -0.05) is 60.7 Å². The molecule has 0 amide bonds. The summed E-state index contributed by atoms with van der Waals surface area (Å²) < 4.78 is 2.05. The quantitative estimate of drug-likeness (QED) is 0.676. The molecule has 3 aromatic rings. The molecule has 2 aromatic carbocycles. The Balaban J connectivity index is 1.81.